The van der Waals surface area contributed by atoms with Crippen LogP contribution >= 0.6 is 24.0 Å². The lowest BCUT2D eigenvalue weighted by Crippen LogP contribution is -2.41. The van der Waals surface area contributed by atoms with E-state index in [1.807, 2.05) is 12.1 Å². The molecular weight excluding hydrogens is 501 g/mol. The number of hydrogen-bond acceptors (Lipinski definition) is 3. The summed E-state index contributed by atoms with van der Waals surface area (Å²) in [6.45, 7) is 6.17. The Morgan fingerprint density at radius 1 is 1.03 bits per heavy atom. The molecule has 0 atom stereocenters. The lowest BCUT2D eigenvalue weighted by molar-refractivity contribution is 0.0531. The third kappa shape index (κ3) is 7.68. The second-order valence-corrected chi connectivity index (χ2v) is 7.83. The summed E-state index contributed by atoms with van der Waals surface area (Å²) in [7, 11) is 1.70. The zero-order chi connectivity index (χ0) is 21.1. The SMILES string of the molecule is CCNC(=NCC1(c2ccc(OC)cc2)CCOCC1)NCCCc1ccccc1.I. The molecule has 0 bridgehead atoms. The molecule has 170 valence electrons. The van der Waals surface area contributed by atoms with Gasteiger partial charge >= 0.3 is 0 Å². The fourth-order valence-electron chi connectivity index (χ4n) is 3.96. The highest BCUT2D eigenvalue weighted by atomic mass is 127. The van der Waals surface area contributed by atoms with Gasteiger partial charge in [-0.25, -0.2) is 0 Å². The Bertz CT molecular complexity index is 775. The number of aliphatic imine (C=N–C) groups is 1. The van der Waals surface area contributed by atoms with Crippen LogP contribution in [0.15, 0.2) is 59.6 Å². The fourth-order valence-corrected chi connectivity index (χ4v) is 3.96. The van der Waals surface area contributed by atoms with Crippen molar-refractivity contribution in [2.24, 2.45) is 4.99 Å². The molecule has 0 spiro atoms. The minimum absolute atomic E-state index is 0. The predicted molar refractivity (Wildman–Crippen MR) is 139 cm³/mol. The van der Waals surface area contributed by atoms with Crippen molar-refractivity contribution in [2.75, 3.05) is 40.0 Å². The summed E-state index contributed by atoms with van der Waals surface area (Å²) >= 11 is 0. The summed E-state index contributed by atoms with van der Waals surface area (Å²) in [6.07, 6.45) is 4.11. The minimum atomic E-state index is 0. The molecule has 1 aliphatic heterocycles. The number of aryl methyl sites for hydroxylation is 1. The van der Waals surface area contributed by atoms with Crippen LogP contribution in [0, 0.1) is 0 Å². The smallest absolute Gasteiger partial charge is 0.191 e. The third-order valence-corrected chi connectivity index (χ3v) is 5.81. The number of hydrogen-bond donors (Lipinski definition) is 2. The molecule has 0 aromatic heterocycles. The first kappa shape index (κ1) is 25.5. The Morgan fingerprint density at radius 3 is 2.39 bits per heavy atom. The number of halogens is 1. The third-order valence-electron chi connectivity index (χ3n) is 5.81. The summed E-state index contributed by atoms with van der Waals surface area (Å²) in [5, 5.41) is 6.90. The average Bonchev–Trinajstić information content (AvgIpc) is 2.81. The fraction of sp³-hybridized carbons (Fsp3) is 0.480. The van der Waals surface area contributed by atoms with E-state index in [0.29, 0.717) is 0 Å². The minimum Gasteiger partial charge on any atom is -0.497 e. The summed E-state index contributed by atoms with van der Waals surface area (Å²) in [4.78, 5) is 4.98. The number of ether oxygens (including phenoxy) is 2. The molecule has 2 aromatic carbocycles. The van der Waals surface area contributed by atoms with Crippen molar-refractivity contribution in [1.82, 2.24) is 10.6 Å². The van der Waals surface area contributed by atoms with Crippen LogP contribution in [0.2, 0.25) is 0 Å². The number of methoxy groups -OCH3 is 1. The van der Waals surface area contributed by atoms with Crippen molar-refractivity contribution in [3.63, 3.8) is 0 Å². The van der Waals surface area contributed by atoms with Gasteiger partial charge in [-0.1, -0.05) is 42.5 Å². The first-order valence-electron chi connectivity index (χ1n) is 11.0. The van der Waals surface area contributed by atoms with E-state index in [1.165, 1.54) is 11.1 Å². The molecule has 3 rings (SSSR count). The Labute approximate surface area is 204 Å². The van der Waals surface area contributed by atoms with E-state index in [-0.39, 0.29) is 29.4 Å². The molecule has 0 unspecified atom stereocenters. The molecule has 2 N–H and O–H groups in total. The van der Waals surface area contributed by atoms with Crippen LogP contribution in [-0.4, -0.2) is 45.9 Å². The van der Waals surface area contributed by atoms with Gasteiger partial charge in [0, 0.05) is 31.7 Å². The van der Waals surface area contributed by atoms with E-state index in [4.69, 9.17) is 14.5 Å². The van der Waals surface area contributed by atoms with Crippen LogP contribution in [0.5, 0.6) is 5.75 Å². The summed E-state index contributed by atoms with van der Waals surface area (Å²) in [6, 6.07) is 19.1. The van der Waals surface area contributed by atoms with Gasteiger partial charge < -0.3 is 20.1 Å². The van der Waals surface area contributed by atoms with Gasteiger partial charge in [0.25, 0.3) is 0 Å². The second kappa shape index (κ2) is 13.6. The van der Waals surface area contributed by atoms with Crippen LogP contribution in [0.3, 0.4) is 0 Å². The van der Waals surface area contributed by atoms with Crippen molar-refractivity contribution in [3.8, 4) is 5.75 Å². The molecule has 0 aliphatic carbocycles. The second-order valence-electron chi connectivity index (χ2n) is 7.83. The standard InChI is InChI=1S/C25H35N3O2.HI/c1-3-26-24(27-17-7-10-21-8-5-4-6-9-21)28-20-25(15-18-30-19-16-25)22-11-13-23(29-2)14-12-22;/h4-6,8-9,11-14H,3,7,10,15-20H2,1-2H3,(H2,26,27,28);1H. The Kier molecular flexibility index (Phi) is 11.2. The van der Waals surface area contributed by atoms with Crippen LogP contribution in [-0.2, 0) is 16.6 Å². The highest BCUT2D eigenvalue weighted by molar-refractivity contribution is 14.0. The summed E-state index contributed by atoms with van der Waals surface area (Å²) < 4.78 is 11.0. The van der Waals surface area contributed by atoms with Gasteiger partial charge in [0.1, 0.15) is 5.75 Å². The number of guanidine groups is 1. The molecule has 2 aromatic rings. The average molecular weight is 537 g/mol. The maximum Gasteiger partial charge on any atom is 0.191 e. The van der Waals surface area contributed by atoms with Crippen molar-refractivity contribution in [3.05, 3.63) is 65.7 Å². The van der Waals surface area contributed by atoms with Crippen LogP contribution in [0.4, 0.5) is 0 Å². The first-order chi connectivity index (χ1) is 14.8. The normalized spacial score (nSPS) is 15.6. The van der Waals surface area contributed by atoms with Crippen molar-refractivity contribution < 1.29 is 9.47 Å². The van der Waals surface area contributed by atoms with E-state index in [1.54, 1.807) is 7.11 Å². The maximum absolute atomic E-state index is 5.66. The topological polar surface area (TPSA) is 54.9 Å². The van der Waals surface area contributed by atoms with E-state index in [9.17, 15) is 0 Å². The molecule has 1 aliphatic rings. The molecule has 31 heavy (non-hydrogen) atoms. The Hall–Kier alpha value is -1.80. The van der Waals surface area contributed by atoms with E-state index in [0.717, 1.165) is 70.2 Å². The van der Waals surface area contributed by atoms with Gasteiger partial charge in [0.05, 0.1) is 13.7 Å². The molecular formula is C25H36IN3O2. The number of benzene rings is 2. The summed E-state index contributed by atoms with van der Waals surface area (Å²) in [5.74, 6) is 1.78. The van der Waals surface area contributed by atoms with Gasteiger partial charge in [-0.05, 0) is 55.9 Å². The quantitative estimate of drug-likeness (QED) is 0.213. The van der Waals surface area contributed by atoms with Crippen molar-refractivity contribution in [1.29, 1.82) is 0 Å². The lowest BCUT2D eigenvalue weighted by Gasteiger charge is -2.36. The zero-order valence-corrected chi connectivity index (χ0v) is 21.1. The molecule has 5 nitrogen and oxygen atoms in total. The van der Waals surface area contributed by atoms with Gasteiger partial charge in [-0.15, -0.1) is 24.0 Å². The van der Waals surface area contributed by atoms with Gasteiger partial charge in [0.2, 0.25) is 0 Å². The van der Waals surface area contributed by atoms with Gasteiger partial charge in [-0.2, -0.15) is 0 Å². The van der Waals surface area contributed by atoms with Crippen LogP contribution < -0.4 is 15.4 Å². The molecule has 1 fully saturated rings. The molecule has 6 heteroatoms. The highest BCUT2D eigenvalue weighted by Gasteiger charge is 2.34. The van der Waals surface area contributed by atoms with E-state index in [2.05, 4.69) is 60.0 Å². The van der Waals surface area contributed by atoms with Crippen molar-refractivity contribution >= 4 is 29.9 Å². The number of rotatable bonds is 9. The molecule has 1 heterocycles. The number of nitrogens with one attached hydrogen (secondary N) is 2. The Morgan fingerprint density at radius 2 is 1.74 bits per heavy atom. The summed E-state index contributed by atoms with van der Waals surface area (Å²) in [5.41, 5.74) is 2.70. The predicted octanol–water partition coefficient (Wildman–Crippen LogP) is 4.55. The lowest BCUT2D eigenvalue weighted by atomic mass is 9.74. The molecule has 1 saturated heterocycles. The van der Waals surface area contributed by atoms with Gasteiger partial charge in [-0.3, -0.25) is 4.99 Å². The first-order valence-corrected chi connectivity index (χ1v) is 11.0. The van der Waals surface area contributed by atoms with E-state index >= 15 is 0 Å². The monoisotopic (exact) mass is 537 g/mol. The van der Waals surface area contributed by atoms with Crippen molar-refractivity contribution in [2.45, 2.75) is 38.0 Å². The Balaban J connectivity index is 0.00000341. The molecule has 0 saturated carbocycles. The van der Waals surface area contributed by atoms with Gasteiger partial charge in [0.15, 0.2) is 5.96 Å². The zero-order valence-electron chi connectivity index (χ0n) is 18.7. The molecule has 0 amide bonds. The highest BCUT2D eigenvalue weighted by Crippen LogP contribution is 2.36. The largest absolute Gasteiger partial charge is 0.497 e. The van der Waals surface area contributed by atoms with E-state index < -0.39 is 0 Å². The van der Waals surface area contributed by atoms with Crippen LogP contribution in [0.1, 0.15) is 37.3 Å². The maximum atomic E-state index is 5.66. The van der Waals surface area contributed by atoms with Crippen LogP contribution in [0.25, 0.3) is 0 Å². The number of nitrogens with zero attached hydrogens (tertiary/aromatic N) is 1. The molecule has 0 radical (unpaired) electrons.